The van der Waals surface area contributed by atoms with E-state index in [1.165, 1.54) is 6.07 Å². The van der Waals surface area contributed by atoms with E-state index in [-0.39, 0.29) is 11.9 Å². The Hall–Kier alpha value is -1.88. The van der Waals surface area contributed by atoms with Gasteiger partial charge in [0, 0.05) is 7.05 Å². The SMILES string of the molecule is CCCNC(c1cccc(F)c1)c1c(OC)cnn1C. The van der Waals surface area contributed by atoms with Gasteiger partial charge in [0.25, 0.3) is 0 Å². The van der Waals surface area contributed by atoms with E-state index in [2.05, 4.69) is 17.3 Å². The maximum absolute atomic E-state index is 13.5. The Morgan fingerprint density at radius 3 is 2.90 bits per heavy atom. The van der Waals surface area contributed by atoms with E-state index in [4.69, 9.17) is 4.74 Å². The maximum atomic E-state index is 13.5. The quantitative estimate of drug-likeness (QED) is 0.882. The van der Waals surface area contributed by atoms with Crippen LogP contribution in [0, 0.1) is 5.82 Å². The Bertz CT molecular complexity index is 568. The van der Waals surface area contributed by atoms with Gasteiger partial charge in [0.05, 0.1) is 19.3 Å². The van der Waals surface area contributed by atoms with E-state index in [0.717, 1.165) is 24.2 Å². The van der Waals surface area contributed by atoms with Crippen molar-refractivity contribution in [3.05, 3.63) is 47.5 Å². The average Bonchev–Trinajstić information content (AvgIpc) is 2.81. The number of aromatic nitrogens is 2. The summed E-state index contributed by atoms with van der Waals surface area (Å²) in [5.74, 6) is 0.456. The van der Waals surface area contributed by atoms with Crippen molar-refractivity contribution in [2.24, 2.45) is 7.05 Å². The molecule has 1 N–H and O–H groups in total. The highest BCUT2D eigenvalue weighted by molar-refractivity contribution is 5.36. The van der Waals surface area contributed by atoms with Crippen molar-refractivity contribution >= 4 is 0 Å². The third-order valence-electron chi connectivity index (χ3n) is 3.22. The van der Waals surface area contributed by atoms with Crippen molar-refractivity contribution in [2.75, 3.05) is 13.7 Å². The number of nitrogens with zero attached hydrogens (tertiary/aromatic N) is 2. The van der Waals surface area contributed by atoms with Crippen LogP contribution < -0.4 is 10.1 Å². The third kappa shape index (κ3) is 2.99. The Morgan fingerprint density at radius 1 is 1.45 bits per heavy atom. The van der Waals surface area contributed by atoms with Gasteiger partial charge < -0.3 is 10.1 Å². The van der Waals surface area contributed by atoms with Gasteiger partial charge in [-0.15, -0.1) is 0 Å². The molecular weight excluding hydrogens is 257 g/mol. The second-order valence-corrected chi connectivity index (χ2v) is 4.66. The van der Waals surface area contributed by atoms with Gasteiger partial charge in [-0.3, -0.25) is 4.68 Å². The molecule has 2 rings (SSSR count). The molecule has 0 bridgehead atoms. The maximum Gasteiger partial charge on any atom is 0.161 e. The molecule has 4 nitrogen and oxygen atoms in total. The largest absolute Gasteiger partial charge is 0.493 e. The van der Waals surface area contributed by atoms with E-state index >= 15 is 0 Å². The summed E-state index contributed by atoms with van der Waals surface area (Å²) in [6, 6.07) is 6.46. The normalized spacial score (nSPS) is 12.4. The molecular formula is C15H20FN3O. The van der Waals surface area contributed by atoms with E-state index in [9.17, 15) is 4.39 Å². The highest BCUT2D eigenvalue weighted by Crippen LogP contribution is 2.29. The molecule has 1 atom stereocenters. The van der Waals surface area contributed by atoms with Crippen molar-refractivity contribution in [1.82, 2.24) is 15.1 Å². The molecule has 0 radical (unpaired) electrons. The molecule has 0 saturated heterocycles. The number of nitrogens with one attached hydrogen (secondary N) is 1. The van der Waals surface area contributed by atoms with Gasteiger partial charge in [-0.1, -0.05) is 19.1 Å². The lowest BCUT2D eigenvalue weighted by Crippen LogP contribution is -2.25. The zero-order chi connectivity index (χ0) is 14.5. The fraction of sp³-hybridized carbons (Fsp3) is 0.400. The number of rotatable bonds is 6. The molecule has 0 saturated carbocycles. The highest BCUT2D eigenvalue weighted by Gasteiger charge is 2.22. The molecule has 108 valence electrons. The minimum atomic E-state index is -0.244. The number of benzene rings is 1. The summed E-state index contributed by atoms with van der Waals surface area (Å²) >= 11 is 0. The lowest BCUT2D eigenvalue weighted by molar-refractivity contribution is 0.400. The van der Waals surface area contributed by atoms with Crippen LogP contribution >= 0.6 is 0 Å². The third-order valence-corrected chi connectivity index (χ3v) is 3.22. The van der Waals surface area contributed by atoms with Crippen LogP contribution in [0.2, 0.25) is 0 Å². The summed E-state index contributed by atoms with van der Waals surface area (Å²) in [6.07, 6.45) is 2.67. The van der Waals surface area contributed by atoms with Crippen LogP contribution in [0.5, 0.6) is 5.75 Å². The summed E-state index contributed by atoms with van der Waals surface area (Å²) in [7, 11) is 3.47. The van der Waals surface area contributed by atoms with E-state index in [1.807, 2.05) is 13.1 Å². The Morgan fingerprint density at radius 2 is 2.25 bits per heavy atom. The summed E-state index contributed by atoms with van der Waals surface area (Å²) in [5.41, 5.74) is 1.76. The fourth-order valence-corrected chi connectivity index (χ4v) is 2.26. The first-order chi connectivity index (χ1) is 9.67. The summed E-state index contributed by atoms with van der Waals surface area (Å²) < 4.78 is 20.6. The number of aryl methyl sites for hydroxylation is 1. The monoisotopic (exact) mass is 277 g/mol. The van der Waals surface area contributed by atoms with Gasteiger partial charge in [0.15, 0.2) is 5.75 Å². The Kier molecular flexibility index (Phi) is 4.74. The first-order valence-electron chi connectivity index (χ1n) is 6.72. The molecule has 20 heavy (non-hydrogen) atoms. The zero-order valence-electron chi connectivity index (χ0n) is 12.1. The number of methoxy groups -OCH3 is 1. The number of hydrogen-bond acceptors (Lipinski definition) is 3. The minimum absolute atomic E-state index is 0.145. The fourth-order valence-electron chi connectivity index (χ4n) is 2.26. The molecule has 2 aromatic rings. The predicted octanol–water partition coefficient (Wildman–Crippen LogP) is 2.66. The first-order valence-corrected chi connectivity index (χ1v) is 6.72. The van der Waals surface area contributed by atoms with Crippen LogP contribution in [-0.4, -0.2) is 23.4 Å². The zero-order valence-corrected chi connectivity index (χ0v) is 12.1. The van der Waals surface area contributed by atoms with E-state index in [1.54, 1.807) is 30.1 Å². The van der Waals surface area contributed by atoms with Crippen molar-refractivity contribution in [3.8, 4) is 5.75 Å². The van der Waals surface area contributed by atoms with Crippen LogP contribution in [0.15, 0.2) is 30.5 Å². The van der Waals surface area contributed by atoms with Crippen LogP contribution in [0.3, 0.4) is 0 Å². The van der Waals surface area contributed by atoms with E-state index in [0.29, 0.717) is 5.75 Å². The van der Waals surface area contributed by atoms with Gasteiger partial charge in [-0.2, -0.15) is 5.10 Å². The lowest BCUT2D eigenvalue weighted by atomic mass is 10.0. The predicted molar refractivity (Wildman–Crippen MR) is 76.3 cm³/mol. The molecule has 0 aliphatic carbocycles. The standard InChI is InChI=1S/C15H20FN3O/c1-4-8-17-14(11-6-5-7-12(16)9-11)15-13(20-3)10-18-19(15)2/h5-7,9-10,14,17H,4,8H2,1-3H3. The van der Waals surface area contributed by atoms with Gasteiger partial charge in [-0.05, 0) is 30.7 Å². The molecule has 0 spiro atoms. The molecule has 0 aliphatic rings. The lowest BCUT2D eigenvalue weighted by Gasteiger charge is -2.20. The first kappa shape index (κ1) is 14.5. The van der Waals surface area contributed by atoms with E-state index < -0.39 is 0 Å². The molecule has 0 amide bonds. The summed E-state index contributed by atoms with van der Waals surface area (Å²) in [6.45, 7) is 2.92. The molecule has 5 heteroatoms. The molecule has 1 unspecified atom stereocenters. The number of halogens is 1. The van der Waals surface area contributed by atoms with Crippen LogP contribution in [0.1, 0.15) is 30.6 Å². The van der Waals surface area contributed by atoms with Crippen molar-refractivity contribution in [1.29, 1.82) is 0 Å². The molecule has 1 aromatic heterocycles. The summed E-state index contributed by atoms with van der Waals surface area (Å²) in [4.78, 5) is 0. The van der Waals surface area contributed by atoms with Crippen LogP contribution in [-0.2, 0) is 7.05 Å². The highest BCUT2D eigenvalue weighted by atomic mass is 19.1. The summed E-state index contributed by atoms with van der Waals surface area (Å²) in [5, 5.41) is 7.65. The molecule has 1 aromatic carbocycles. The van der Waals surface area contributed by atoms with Crippen LogP contribution in [0.25, 0.3) is 0 Å². The Balaban J connectivity index is 2.44. The number of ether oxygens (including phenoxy) is 1. The smallest absolute Gasteiger partial charge is 0.161 e. The van der Waals surface area contributed by atoms with Gasteiger partial charge in [0.2, 0.25) is 0 Å². The molecule has 0 aliphatic heterocycles. The average molecular weight is 277 g/mol. The molecule has 1 heterocycles. The van der Waals surface area contributed by atoms with Crippen molar-refractivity contribution in [2.45, 2.75) is 19.4 Å². The molecule has 0 fully saturated rings. The Labute approximate surface area is 118 Å². The topological polar surface area (TPSA) is 39.1 Å². The van der Waals surface area contributed by atoms with Crippen molar-refractivity contribution in [3.63, 3.8) is 0 Å². The second-order valence-electron chi connectivity index (χ2n) is 4.66. The van der Waals surface area contributed by atoms with Gasteiger partial charge >= 0.3 is 0 Å². The van der Waals surface area contributed by atoms with Crippen molar-refractivity contribution < 1.29 is 9.13 Å². The van der Waals surface area contributed by atoms with Crippen LogP contribution in [0.4, 0.5) is 4.39 Å². The minimum Gasteiger partial charge on any atom is -0.493 e. The van der Waals surface area contributed by atoms with Gasteiger partial charge in [-0.25, -0.2) is 4.39 Å². The number of hydrogen-bond donors (Lipinski definition) is 1. The van der Waals surface area contributed by atoms with Gasteiger partial charge in [0.1, 0.15) is 11.5 Å². The second kappa shape index (κ2) is 6.52.